The molecule has 4 nitrogen and oxygen atoms in total. The van der Waals surface area contributed by atoms with Crippen molar-refractivity contribution in [3.63, 3.8) is 0 Å². The van der Waals surface area contributed by atoms with Crippen LogP contribution >= 0.6 is 11.3 Å². The number of carbonyl (C=O) groups excluding carboxylic acids is 2. The summed E-state index contributed by atoms with van der Waals surface area (Å²) in [7, 11) is 0. The molecule has 0 bridgehead atoms. The van der Waals surface area contributed by atoms with Gasteiger partial charge < -0.3 is 0 Å². The van der Waals surface area contributed by atoms with E-state index in [4.69, 9.17) is 0 Å². The Morgan fingerprint density at radius 2 is 1.75 bits per heavy atom. The van der Waals surface area contributed by atoms with E-state index >= 15 is 0 Å². The average Bonchev–Trinajstić information content (AvgIpc) is 3.28. The topological polar surface area (TPSA) is 40.6 Å². The van der Waals surface area contributed by atoms with Crippen LogP contribution < -0.4 is 0 Å². The number of nitrogens with zero attached hydrogens (tertiary/aromatic N) is 2. The Morgan fingerprint density at radius 3 is 2.42 bits per heavy atom. The smallest absolute Gasteiger partial charge is 0.234 e. The van der Waals surface area contributed by atoms with Crippen molar-refractivity contribution in [1.29, 1.82) is 0 Å². The Labute approximate surface area is 146 Å². The fraction of sp³-hybridized carbons (Fsp3) is 0.684. The maximum Gasteiger partial charge on any atom is 0.234 e. The number of hydrogen-bond acceptors (Lipinski definition) is 4. The highest BCUT2D eigenvalue weighted by Gasteiger charge is 2.49. The fourth-order valence-electron chi connectivity index (χ4n) is 5.07. The molecular formula is C19H24N2O2S. The van der Waals surface area contributed by atoms with Gasteiger partial charge >= 0.3 is 0 Å². The molecule has 2 saturated carbocycles. The second-order valence-electron chi connectivity index (χ2n) is 7.89. The molecule has 0 N–H and O–H groups in total. The molecule has 5 rings (SSSR count). The zero-order valence-electron chi connectivity index (χ0n) is 13.9. The molecule has 3 atom stereocenters. The summed E-state index contributed by atoms with van der Waals surface area (Å²) in [5, 5.41) is 2.20. The number of hydrogen-bond donors (Lipinski definition) is 0. The number of thiophene rings is 1. The molecule has 0 unspecified atom stereocenters. The Morgan fingerprint density at radius 1 is 1.04 bits per heavy atom. The van der Waals surface area contributed by atoms with E-state index in [-0.39, 0.29) is 23.7 Å². The van der Waals surface area contributed by atoms with Gasteiger partial charge in [0, 0.05) is 17.5 Å². The van der Waals surface area contributed by atoms with Crippen molar-refractivity contribution in [3.05, 3.63) is 21.9 Å². The molecule has 1 aromatic heterocycles. The summed E-state index contributed by atoms with van der Waals surface area (Å²) in [5.74, 6) is 0.888. The van der Waals surface area contributed by atoms with Gasteiger partial charge in [-0.15, -0.1) is 11.3 Å². The van der Waals surface area contributed by atoms with E-state index in [1.165, 1.54) is 23.3 Å². The van der Waals surface area contributed by atoms with Gasteiger partial charge in [-0.3, -0.25) is 19.4 Å². The van der Waals surface area contributed by atoms with Crippen molar-refractivity contribution < 1.29 is 9.59 Å². The number of amides is 2. The first-order chi connectivity index (χ1) is 11.7. The van der Waals surface area contributed by atoms with Crippen LogP contribution in [0.15, 0.2) is 11.4 Å². The number of carbonyl (C=O) groups is 2. The summed E-state index contributed by atoms with van der Waals surface area (Å²) < 4.78 is 0. The van der Waals surface area contributed by atoms with Gasteiger partial charge in [0.1, 0.15) is 0 Å². The molecule has 4 aliphatic rings. The summed E-state index contributed by atoms with van der Waals surface area (Å²) in [6.45, 7) is 1.49. The van der Waals surface area contributed by atoms with Gasteiger partial charge in [0.15, 0.2) is 0 Å². The minimum atomic E-state index is -0.0212. The second kappa shape index (κ2) is 5.67. The summed E-state index contributed by atoms with van der Waals surface area (Å²) >= 11 is 1.86. The van der Waals surface area contributed by atoms with Crippen LogP contribution in [-0.2, 0) is 16.0 Å². The standard InChI is InChI=1S/C19H24N2O2S/c22-18-13-3-1-2-4-14(13)19(23)21(18)11-20-9-7-16-15(8-10-24-16)17(20)12-5-6-12/h8,10,12-14,17H,1-7,9,11H2/t13-,14+,17-/m0/s1. The third kappa shape index (κ3) is 2.28. The van der Waals surface area contributed by atoms with Crippen LogP contribution in [-0.4, -0.2) is 34.8 Å². The van der Waals surface area contributed by atoms with E-state index in [2.05, 4.69) is 16.3 Å². The Bertz CT molecular complexity index is 657. The molecule has 2 aliphatic carbocycles. The van der Waals surface area contributed by atoms with Gasteiger partial charge in [-0.2, -0.15) is 0 Å². The molecule has 3 heterocycles. The molecule has 1 aromatic rings. The van der Waals surface area contributed by atoms with E-state index < -0.39 is 0 Å². The minimum absolute atomic E-state index is 0.0212. The van der Waals surface area contributed by atoms with Gasteiger partial charge in [0.25, 0.3) is 0 Å². The quantitative estimate of drug-likeness (QED) is 0.791. The van der Waals surface area contributed by atoms with Crippen molar-refractivity contribution in [2.75, 3.05) is 13.2 Å². The third-order valence-electron chi connectivity index (χ3n) is 6.44. The van der Waals surface area contributed by atoms with Crippen molar-refractivity contribution in [2.24, 2.45) is 17.8 Å². The summed E-state index contributed by atoms with van der Waals surface area (Å²) in [6.07, 6.45) is 7.63. The SMILES string of the molecule is O=C1[C@H]2CCCC[C@H]2C(=O)N1CN1CCc2sccc2[C@@H]1C1CC1. The minimum Gasteiger partial charge on any atom is -0.278 e. The molecule has 0 radical (unpaired) electrons. The third-order valence-corrected chi connectivity index (χ3v) is 7.44. The summed E-state index contributed by atoms with van der Waals surface area (Å²) in [4.78, 5) is 31.1. The molecule has 1 saturated heterocycles. The maximum absolute atomic E-state index is 12.8. The lowest BCUT2D eigenvalue weighted by atomic mass is 9.81. The van der Waals surface area contributed by atoms with E-state index in [0.717, 1.165) is 38.6 Å². The predicted octanol–water partition coefficient (Wildman–Crippen LogP) is 3.19. The first-order valence-corrected chi connectivity index (χ1v) is 10.3. The molecule has 24 heavy (non-hydrogen) atoms. The van der Waals surface area contributed by atoms with Crippen LogP contribution in [0.4, 0.5) is 0 Å². The van der Waals surface area contributed by atoms with Crippen molar-refractivity contribution in [1.82, 2.24) is 9.80 Å². The van der Waals surface area contributed by atoms with Gasteiger partial charge in [-0.1, -0.05) is 12.8 Å². The van der Waals surface area contributed by atoms with Gasteiger partial charge in [-0.05, 0) is 55.0 Å². The van der Waals surface area contributed by atoms with E-state index in [1.807, 2.05) is 11.3 Å². The Balaban J connectivity index is 1.39. The molecule has 0 aromatic carbocycles. The van der Waals surface area contributed by atoms with E-state index in [1.54, 1.807) is 4.90 Å². The zero-order valence-corrected chi connectivity index (χ0v) is 14.8. The second-order valence-corrected chi connectivity index (χ2v) is 8.89. The van der Waals surface area contributed by atoms with Crippen LogP contribution in [0, 0.1) is 17.8 Å². The van der Waals surface area contributed by atoms with Gasteiger partial charge in [0.05, 0.1) is 18.5 Å². The molecular weight excluding hydrogens is 320 g/mol. The molecule has 128 valence electrons. The number of rotatable bonds is 3. The maximum atomic E-state index is 12.8. The normalized spacial score (nSPS) is 33.7. The van der Waals surface area contributed by atoms with Crippen LogP contribution in [0.3, 0.4) is 0 Å². The monoisotopic (exact) mass is 344 g/mol. The lowest BCUT2D eigenvalue weighted by Crippen LogP contribution is -2.46. The zero-order chi connectivity index (χ0) is 16.3. The highest BCUT2D eigenvalue weighted by molar-refractivity contribution is 7.10. The molecule has 5 heteroatoms. The van der Waals surface area contributed by atoms with Crippen LogP contribution in [0.5, 0.6) is 0 Å². The Hall–Kier alpha value is -1.20. The molecule has 2 amide bonds. The molecule has 2 aliphatic heterocycles. The van der Waals surface area contributed by atoms with Gasteiger partial charge in [0.2, 0.25) is 11.8 Å². The molecule has 3 fully saturated rings. The Kier molecular flexibility index (Phi) is 3.56. The fourth-order valence-corrected chi connectivity index (χ4v) is 5.99. The highest BCUT2D eigenvalue weighted by atomic mass is 32.1. The largest absolute Gasteiger partial charge is 0.278 e. The van der Waals surface area contributed by atoms with E-state index in [0.29, 0.717) is 18.6 Å². The van der Waals surface area contributed by atoms with Crippen LogP contribution in [0.2, 0.25) is 0 Å². The van der Waals surface area contributed by atoms with Crippen LogP contribution in [0.25, 0.3) is 0 Å². The van der Waals surface area contributed by atoms with Crippen molar-refractivity contribution in [2.45, 2.75) is 51.0 Å². The number of likely N-dealkylation sites (tertiary alicyclic amines) is 1. The number of fused-ring (bicyclic) bond motifs is 2. The summed E-state index contributed by atoms with van der Waals surface area (Å²) in [5.41, 5.74) is 1.46. The number of imide groups is 1. The predicted molar refractivity (Wildman–Crippen MR) is 92.4 cm³/mol. The van der Waals surface area contributed by atoms with Gasteiger partial charge in [-0.25, -0.2) is 0 Å². The highest BCUT2D eigenvalue weighted by Crippen LogP contribution is 2.49. The first kappa shape index (κ1) is 15.1. The van der Waals surface area contributed by atoms with Crippen molar-refractivity contribution >= 4 is 23.2 Å². The lowest BCUT2D eigenvalue weighted by Gasteiger charge is -2.38. The van der Waals surface area contributed by atoms with E-state index in [9.17, 15) is 9.59 Å². The average molecular weight is 344 g/mol. The van der Waals surface area contributed by atoms with Crippen LogP contribution in [0.1, 0.15) is 55.0 Å². The first-order valence-electron chi connectivity index (χ1n) is 9.39. The molecule has 0 spiro atoms. The lowest BCUT2D eigenvalue weighted by molar-refractivity contribution is -0.143. The summed E-state index contributed by atoms with van der Waals surface area (Å²) in [6, 6.07) is 2.69. The van der Waals surface area contributed by atoms with Crippen molar-refractivity contribution in [3.8, 4) is 0 Å².